The fourth-order valence-electron chi connectivity index (χ4n) is 6.53. The van der Waals surface area contributed by atoms with E-state index in [1.165, 1.54) is 0 Å². The summed E-state index contributed by atoms with van der Waals surface area (Å²) in [6, 6.07) is 30.6. The number of rotatable bonds is 9. The molecule has 1 aliphatic rings. The van der Waals surface area contributed by atoms with Gasteiger partial charge in [0.1, 0.15) is 0 Å². The van der Waals surface area contributed by atoms with Gasteiger partial charge < -0.3 is 30.2 Å². The number of hydrogen-bond donors (Lipinski definition) is 4. The minimum absolute atomic E-state index is 0.0417. The van der Waals surface area contributed by atoms with Gasteiger partial charge in [0, 0.05) is 48.5 Å². The van der Waals surface area contributed by atoms with Crippen molar-refractivity contribution in [2.75, 3.05) is 51.0 Å². The molecule has 0 atom stereocenters. The highest BCUT2D eigenvalue weighted by Gasteiger charge is 2.24. The summed E-state index contributed by atoms with van der Waals surface area (Å²) in [5.74, 6) is -0.156. The van der Waals surface area contributed by atoms with E-state index in [1.807, 2.05) is 84.9 Å². The van der Waals surface area contributed by atoms with Gasteiger partial charge in [0.05, 0.1) is 40.1 Å². The molecule has 6 aromatic rings. The molecule has 50 heavy (non-hydrogen) atoms. The number of para-hydroxylation sites is 2. The lowest BCUT2D eigenvalue weighted by Crippen LogP contribution is -2.46. The number of aromatic nitrogens is 3. The van der Waals surface area contributed by atoms with Crippen molar-refractivity contribution in [2.24, 2.45) is 4.99 Å². The first-order valence-electron chi connectivity index (χ1n) is 16.7. The van der Waals surface area contributed by atoms with Gasteiger partial charge >= 0.3 is 0 Å². The maximum atomic E-state index is 13.2. The zero-order valence-corrected chi connectivity index (χ0v) is 28.4. The third kappa shape index (κ3) is 6.87. The average Bonchev–Trinajstić information content (AvgIpc) is 3.71. The zero-order valence-electron chi connectivity index (χ0n) is 28.4. The van der Waals surface area contributed by atoms with Crippen LogP contribution < -0.4 is 10.2 Å². The number of aliphatic imine (C=N–C) groups is 1. The van der Waals surface area contributed by atoms with Crippen molar-refractivity contribution in [1.82, 2.24) is 24.8 Å². The number of anilines is 2. The molecule has 0 spiro atoms. The van der Waals surface area contributed by atoms with Gasteiger partial charge in [-0.1, -0.05) is 42.5 Å². The highest BCUT2D eigenvalue weighted by molar-refractivity contribution is 6.22. The second-order valence-electron chi connectivity index (χ2n) is 12.9. The number of aromatic amines is 2. The first kappa shape index (κ1) is 32.8. The standard InChI is InChI=1S/C39H40N8O3/c1-45(2)28-19-21-47(22-20-28)24-34(48)46(3)29-16-13-26(14-17-29)40-36(25-9-5-4-6-10-25)35-30-18-15-27(23-33(30)44-38(35)49)41-39(50)37-42-31-11-7-8-12-32(31)43-37/h4-18,23,28,44,49H,19-22,24H2,1-3H3,(H,41,50)(H,42,43). The molecular formula is C39H40N8O3. The predicted molar refractivity (Wildman–Crippen MR) is 199 cm³/mol. The number of carbonyl (C=O) groups excluding carboxylic acids is 2. The molecule has 3 heterocycles. The quantitative estimate of drug-likeness (QED) is 0.137. The Morgan fingerprint density at radius 2 is 1.62 bits per heavy atom. The van der Waals surface area contributed by atoms with Gasteiger partial charge in [-0.05, 0) is 81.5 Å². The summed E-state index contributed by atoms with van der Waals surface area (Å²) in [5.41, 5.74) is 6.05. The number of benzene rings is 4. The number of carbonyl (C=O) groups is 2. The Labute approximate surface area is 290 Å². The average molecular weight is 669 g/mol. The summed E-state index contributed by atoms with van der Waals surface area (Å²) in [4.78, 5) is 47.9. The van der Waals surface area contributed by atoms with E-state index in [0.29, 0.717) is 46.3 Å². The minimum Gasteiger partial charge on any atom is -0.494 e. The summed E-state index contributed by atoms with van der Waals surface area (Å²) < 4.78 is 0. The molecule has 4 aromatic carbocycles. The molecule has 1 saturated heterocycles. The molecule has 0 bridgehead atoms. The molecule has 2 aromatic heterocycles. The number of hydrogen-bond acceptors (Lipinski definition) is 7. The minimum atomic E-state index is -0.372. The van der Waals surface area contributed by atoms with Crippen LogP contribution in [0.5, 0.6) is 5.88 Å². The molecule has 254 valence electrons. The highest BCUT2D eigenvalue weighted by atomic mass is 16.3. The number of nitrogens with one attached hydrogen (secondary N) is 3. The van der Waals surface area contributed by atoms with Crippen LogP contribution in [-0.2, 0) is 4.79 Å². The maximum absolute atomic E-state index is 13.2. The van der Waals surface area contributed by atoms with Crippen LogP contribution >= 0.6 is 0 Å². The number of likely N-dealkylation sites (N-methyl/N-ethyl adjacent to an activating group) is 1. The Bertz CT molecular complexity index is 2150. The van der Waals surface area contributed by atoms with E-state index in [2.05, 4.69) is 44.2 Å². The summed E-state index contributed by atoms with van der Waals surface area (Å²) in [7, 11) is 6.03. The van der Waals surface area contributed by atoms with Crippen LogP contribution in [0.1, 0.15) is 34.6 Å². The third-order valence-corrected chi connectivity index (χ3v) is 9.42. The van der Waals surface area contributed by atoms with Gasteiger partial charge in [-0.3, -0.25) is 14.5 Å². The Hall–Kier alpha value is -5.78. The van der Waals surface area contributed by atoms with Crippen molar-refractivity contribution in [1.29, 1.82) is 0 Å². The van der Waals surface area contributed by atoms with Crippen molar-refractivity contribution >= 4 is 56.5 Å². The van der Waals surface area contributed by atoms with E-state index in [1.54, 1.807) is 24.1 Å². The van der Waals surface area contributed by atoms with Crippen LogP contribution in [0.15, 0.2) is 102 Å². The summed E-state index contributed by atoms with van der Waals surface area (Å²) in [6.45, 7) is 2.22. The summed E-state index contributed by atoms with van der Waals surface area (Å²) in [6.07, 6.45) is 2.13. The van der Waals surface area contributed by atoms with E-state index in [-0.39, 0.29) is 23.5 Å². The molecule has 11 nitrogen and oxygen atoms in total. The lowest BCUT2D eigenvalue weighted by Gasteiger charge is -2.35. The number of aromatic hydroxyl groups is 1. The number of amides is 2. The summed E-state index contributed by atoms with van der Waals surface area (Å²) in [5, 5.41) is 14.9. The van der Waals surface area contributed by atoms with Crippen LogP contribution in [0.25, 0.3) is 21.9 Å². The molecule has 0 unspecified atom stereocenters. The largest absolute Gasteiger partial charge is 0.494 e. The first-order valence-corrected chi connectivity index (χ1v) is 16.7. The van der Waals surface area contributed by atoms with Crippen LogP contribution in [0.4, 0.5) is 17.1 Å². The Balaban J connectivity index is 1.12. The van der Waals surface area contributed by atoms with Crippen molar-refractivity contribution < 1.29 is 14.7 Å². The SMILES string of the molecule is CN(C(=O)CN1CCC(N(C)C)CC1)c1ccc(N=C(c2ccccc2)c2c(O)[nH]c3cc(NC(=O)c4nc5ccccc5[nH]4)ccc23)cc1. The van der Waals surface area contributed by atoms with E-state index in [4.69, 9.17) is 4.99 Å². The Kier molecular flexibility index (Phi) is 9.16. The van der Waals surface area contributed by atoms with Gasteiger partial charge in [-0.25, -0.2) is 9.98 Å². The van der Waals surface area contributed by atoms with E-state index in [0.717, 1.165) is 48.1 Å². The molecular weight excluding hydrogens is 628 g/mol. The molecule has 0 saturated carbocycles. The van der Waals surface area contributed by atoms with Crippen molar-refractivity contribution in [3.05, 3.63) is 114 Å². The van der Waals surface area contributed by atoms with Crippen molar-refractivity contribution in [3.8, 4) is 5.88 Å². The fourth-order valence-corrected chi connectivity index (χ4v) is 6.53. The van der Waals surface area contributed by atoms with Gasteiger partial charge in [0.25, 0.3) is 5.91 Å². The monoisotopic (exact) mass is 668 g/mol. The second kappa shape index (κ2) is 14.0. The van der Waals surface area contributed by atoms with Crippen molar-refractivity contribution in [3.63, 3.8) is 0 Å². The van der Waals surface area contributed by atoms with Gasteiger partial charge in [-0.2, -0.15) is 0 Å². The van der Waals surface area contributed by atoms with E-state index >= 15 is 0 Å². The molecule has 0 radical (unpaired) electrons. The molecule has 1 aliphatic heterocycles. The van der Waals surface area contributed by atoms with E-state index < -0.39 is 0 Å². The van der Waals surface area contributed by atoms with Crippen molar-refractivity contribution in [2.45, 2.75) is 18.9 Å². The summed E-state index contributed by atoms with van der Waals surface area (Å²) >= 11 is 0. The number of fused-ring (bicyclic) bond motifs is 2. The molecule has 4 N–H and O–H groups in total. The van der Waals surface area contributed by atoms with Crippen LogP contribution in [-0.4, -0.2) is 94.2 Å². The van der Waals surface area contributed by atoms with Crippen LogP contribution in [0, 0.1) is 0 Å². The Morgan fingerprint density at radius 3 is 2.34 bits per heavy atom. The topological polar surface area (TPSA) is 133 Å². The maximum Gasteiger partial charge on any atom is 0.291 e. The van der Waals surface area contributed by atoms with E-state index in [9.17, 15) is 14.7 Å². The number of imidazole rings is 1. The number of piperidine rings is 1. The fraction of sp³-hybridized carbons (Fsp3) is 0.231. The van der Waals surface area contributed by atoms with Crippen LogP contribution in [0.3, 0.4) is 0 Å². The van der Waals surface area contributed by atoms with Gasteiger partial charge in [0.15, 0.2) is 11.7 Å². The molecule has 11 heteroatoms. The second-order valence-corrected chi connectivity index (χ2v) is 12.9. The van der Waals surface area contributed by atoms with Crippen LogP contribution in [0.2, 0.25) is 0 Å². The molecule has 2 amide bonds. The predicted octanol–water partition coefficient (Wildman–Crippen LogP) is 6.16. The van der Waals surface area contributed by atoms with Gasteiger partial charge in [0.2, 0.25) is 5.91 Å². The molecule has 1 fully saturated rings. The molecule has 7 rings (SSSR count). The third-order valence-electron chi connectivity index (χ3n) is 9.42. The lowest BCUT2D eigenvalue weighted by molar-refractivity contribution is -0.119. The number of nitrogens with zero attached hydrogens (tertiary/aromatic N) is 5. The number of H-pyrrole nitrogens is 2. The first-order chi connectivity index (χ1) is 24.2. The number of likely N-dealkylation sites (tertiary alicyclic amines) is 1. The smallest absolute Gasteiger partial charge is 0.291 e. The van der Waals surface area contributed by atoms with Gasteiger partial charge in [-0.15, -0.1) is 0 Å². The lowest BCUT2D eigenvalue weighted by atomic mass is 10.0. The highest BCUT2D eigenvalue weighted by Crippen LogP contribution is 2.33. The normalized spacial score (nSPS) is 14.4. The molecule has 0 aliphatic carbocycles. The zero-order chi connectivity index (χ0) is 34.8. The Morgan fingerprint density at radius 1 is 0.900 bits per heavy atom.